The van der Waals surface area contributed by atoms with Gasteiger partial charge in [0.1, 0.15) is 11.9 Å². The third-order valence-corrected chi connectivity index (χ3v) is 11.0. The predicted molar refractivity (Wildman–Crippen MR) is 153 cm³/mol. The molecule has 0 spiro atoms. The summed E-state index contributed by atoms with van der Waals surface area (Å²) in [6.45, 7) is 6.35. The van der Waals surface area contributed by atoms with Gasteiger partial charge in [0.15, 0.2) is 0 Å². The van der Waals surface area contributed by atoms with Gasteiger partial charge < -0.3 is 10.0 Å². The maximum absolute atomic E-state index is 14.2. The summed E-state index contributed by atoms with van der Waals surface area (Å²) < 4.78 is 41.8. The highest BCUT2D eigenvalue weighted by molar-refractivity contribution is 7.89. The summed E-state index contributed by atoms with van der Waals surface area (Å²) >= 11 is 0. The Kier molecular flexibility index (Phi) is 8.95. The lowest BCUT2D eigenvalue weighted by atomic mass is 9.87. The Hall–Kier alpha value is -2.33. The molecule has 2 aromatic rings. The zero-order chi connectivity index (χ0) is 28.4. The number of hydrogen-bond donors (Lipinski definition) is 1. The summed E-state index contributed by atoms with van der Waals surface area (Å²) in [5.41, 5.74) is 1.97. The molecular weight excluding hydrogens is 529 g/mol. The van der Waals surface area contributed by atoms with E-state index in [-0.39, 0.29) is 23.6 Å². The van der Waals surface area contributed by atoms with Crippen LogP contribution in [0.25, 0.3) is 0 Å². The first-order chi connectivity index (χ1) is 19.1. The number of nitrogens with zero attached hydrogens (tertiary/aromatic N) is 3. The van der Waals surface area contributed by atoms with Crippen molar-refractivity contribution in [3.8, 4) is 0 Å². The first kappa shape index (κ1) is 29.2. The third kappa shape index (κ3) is 6.93. The lowest BCUT2D eigenvalue weighted by molar-refractivity contribution is -0.143. The molecule has 5 rings (SSSR count). The van der Waals surface area contributed by atoms with Crippen molar-refractivity contribution in [3.63, 3.8) is 0 Å². The zero-order valence-corrected chi connectivity index (χ0v) is 24.4. The standard InChI is InChI=1S/C31H42FN3O4S/c1-22-6-10-28(11-7-22)40(38,39)33(2)18-24-12-14-34(15-13-24)19-26-20-35(30(31(36)37)16-23-8-9-23)21-29(26)25-4-3-5-27(32)17-25/h3-7,10-11,17,23-24,26,29-30H,8-9,12-16,18-21H2,1-2H3,(H,36,37)/t26-,29+,30+/m0/s1. The molecule has 0 bridgehead atoms. The molecule has 3 aliphatic rings. The molecule has 7 nitrogen and oxygen atoms in total. The molecule has 2 heterocycles. The molecule has 0 amide bonds. The van der Waals surface area contributed by atoms with Crippen LogP contribution in [0.4, 0.5) is 4.39 Å². The summed E-state index contributed by atoms with van der Waals surface area (Å²) in [4.78, 5) is 17.1. The summed E-state index contributed by atoms with van der Waals surface area (Å²) in [6.07, 6.45) is 4.75. The van der Waals surface area contributed by atoms with Crippen molar-refractivity contribution in [2.24, 2.45) is 17.8 Å². The molecule has 0 radical (unpaired) electrons. The van der Waals surface area contributed by atoms with E-state index in [1.54, 1.807) is 31.3 Å². The van der Waals surface area contributed by atoms with Crippen molar-refractivity contribution in [2.45, 2.75) is 55.9 Å². The second-order valence-electron chi connectivity index (χ2n) is 12.3. The second-order valence-corrected chi connectivity index (χ2v) is 14.3. The molecular formula is C31H42FN3O4S. The fourth-order valence-electron chi connectivity index (χ4n) is 6.57. The SMILES string of the molecule is Cc1ccc(S(=O)(=O)N(C)CC2CCN(C[C@H]3CN([C@H](CC4CC4)C(=O)O)C[C@@H]3c3cccc(F)c3)CC2)cc1. The number of carboxylic acids is 1. The van der Waals surface area contributed by atoms with E-state index in [1.165, 1.54) is 10.4 Å². The third-order valence-electron chi connectivity index (χ3n) is 9.17. The lowest BCUT2D eigenvalue weighted by Crippen LogP contribution is -2.43. The Bertz CT molecular complexity index is 1280. The minimum Gasteiger partial charge on any atom is -0.480 e. The van der Waals surface area contributed by atoms with E-state index in [1.807, 2.05) is 25.1 Å². The molecule has 3 atom stereocenters. The van der Waals surface area contributed by atoms with E-state index in [2.05, 4.69) is 9.80 Å². The van der Waals surface area contributed by atoms with Crippen molar-refractivity contribution in [3.05, 3.63) is 65.5 Å². The van der Waals surface area contributed by atoms with Gasteiger partial charge in [0.25, 0.3) is 0 Å². The van der Waals surface area contributed by atoms with Gasteiger partial charge in [-0.1, -0.05) is 42.7 Å². The zero-order valence-electron chi connectivity index (χ0n) is 23.6. The largest absolute Gasteiger partial charge is 0.480 e. The number of carbonyl (C=O) groups is 1. The molecule has 2 aromatic carbocycles. The minimum absolute atomic E-state index is 0.0836. The quantitative estimate of drug-likeness (QED) is 0.430. The van der Waals surface area contributed by atoms with Gasteiger partial charge in [-0.3, -0.25) is 9.69 Å². The first-order valence-corrected chi connectivity index (χ1v) is 16.0. The molecule has 3 fully saturated rings. The molecule has 2 aliphatic heterocycles. The van der Waals surface area contributed by atoms with E-state index < -0.39 is 22.0 Å². The summed E-state index contributed by atoms with van der Waals surface area (Å²) in [6, 6.07) is 13.3. The van der Waals surface area contributed by atoms with Gasteiger partial charge >= 0.3 is 5.97 Å². The Labute approximate surface area is 238 Å². The molecule has 2 saturated heterocycles. The van der Waals surface area contributed by atoms with Gasteiger partial charge in [-0.25, -0.2) is 17.1 Å². The van der Waals surface area contributed by atoms with Crippen molar-refractivity contribution < 1.29 is 22.7 Å². The number of benzene rings is 2. The van der Waals surface area contributed by atoms with Crippen LogP contribution in [0.2, 0.25) is 0 Å². The number of aryl methyl sites for hydroxylation is 1. The van der Waals surface area contributed by atoms with Crippen LogP contribution in [0.15, 0.2) is 53.4 Å². The first-order valence-electron chi connectivity index (χ1n) is 14.6. The number of sulfonamides is 1. The highest BCUT2D eigenvalue weighted by Gasteiger charge is 2.42. The molecule has 0 unspecified atom stereocenters. The fourth-order valence-corrected chi connectivity index (χ4v) is 7.82. The number of likely N-dealkylation sites (tertiary alicyclic amines) is 2. The Morgan fingerprint density at radius 2 is 1.75 bits per heavy atom. The van der Waals surface area contributed by atoms with Gasteiger partial charge in [0.05, 0.1) is 4.90 Å². The predicted octanol–water partition coefficient (Wildman–Crippen LogP) is 4.44. The number of aliphatic carboxylic acids is 1. The van der Waals surface area contributed by atoms with Crippen molar-refractivity contribution in [1.82, 2.24) is 14.1 Å². The molecule has 1 aliphatic carbocycles. The average molecular weight is 572 g/mol. The van der Waals surface area contributed by atoms with Gasteiger partial charge in [-0.05, 0) is 86.9 Å². The molecule has 1 saturated carbocycles. The smallest absolute Gasteiger partial charge is 0.320 e. The number of carboxylic acid groups (broad SMARTS) is 1. The highest BCUT2D eigenvalue weighted by atomic mass is 32.2. The van der Waals surface area contributed by atoms with Crippen molar-refractivity contribution in [1.29, 1.82) is 0 Å². The van der Waals surface area contributed by atoms with Crippen LogP contribution in [0, 0.1) is 30.5 Å². The molecule has 218 valence electrons. The van der Waals surface area contributed by atoms with Crippen LogP contribution in [-0.4, -0.2) is 86.0 Å². The number of halogens is 1. The summed E-state index contributed by atoms with van der Waals surface area (Å²) in [5.74, 6) is 0.0866. The van der Waals surface area contributed by atoms with Gasteiger partial charge in [-0.15, -0.1) is 0 Å². The topological polar surface area (TPSA) is 81.2 Å². The van der Waals surface area contributed by atoms with E-state index in [0.717, 1.165) is 56.4 Å². The number of rotatable bonds is 11. The van der Waals surface area contributed by atoms with Gasteiger partial charge in [-0.2, -0.15) is 0 Å². The van der Waals surface area contributed by atoms with Crippen LogP contribution < -0.4 is 0 Å². The Balaban J connectivity index is 1.20. The van der Waals surface area contributed by atoms with Crippen LogP contribution in [0.5, 0.6) is 0 Å². The highest BCUT2D eigenvalue weighted by Crippen LogP contribution is 2.39. The van der Waals surface area contributed by atoms with Gasteiger partial charge in [0.2, 0.25) is 10.0 Å². The number of piperidine rings is 1. The second kappa shape index (κ2) is 12.3. The maximum atomic E-state index is 14.2. The Morgan fingerprint density at radius 1 is 1.05 bits per heavy atom. The summed E-state index contributed by atoms with van der Waals surface area (Å²) in [5, 5.41) is 10.0. The van der Waals surface area contributed by atoms with E-state index >= 15 is 0 Å². The van der Waals surface area contributed by atoms with Crippen LogP contribution in [0.3, 0.4) is 0 Å². The monoisotopic (exact) mass is 571 g/mol. The van der Waals surface area contributed by atoms with Crippen molar-refractivity contribution in [2.75, 3.05) is 46.3 Å². The fraction of sp³-hybridized carbons (Fsp3) is 0.581. The normalized spacial score (nSPS) is 24.0. The molecule has 40 heavy (non-hydrogen) atoms. The maximum Gasteiger partial charge on any atom is 0.320 e. The minimum atomic E-state index is -3.52. The van der Waals surface area contributed by atoms with Crippen LogP contribution >= 0.6 is 0 Å². The van der Waals surface area contributed by atoms with E-state index in [0.29, 0.717) is 36.9 Å². The van der Waals surface area contributed by atoms with E-state index in [9.17, 15) is 22.7 Å². The molecule has 9 heteroatoms. The summed E-state index contributed by atoms with van der Waals surface area (Å²) in [7, 11) is -1.85. The van der Waals surface area contributed by atoms with Crippen LogP contribution in [-0.2, 0) is 14.8 Å². The molecule has 0 aromatic heterocycles. The van der Waals surface area contributed by atoms with Crippen LogP contribution in [0.1, 0.15) is 49.1 Å². The lowest BCUT2D eigenvalue weighted by Gasteiger charge is -2.36. The van der Waals surface area contributed by atoms with E-state index in [4.69, 9.17) is 0 Å². The van der Waals surface area contributed by atoms with Crippen molar-refractivity contribution >= 4 is 16.0 Å². The average Bonchev–Trinajstić information content (AvgIpc) is 3.66. The Morgan fingerprint density at radius 3 is 2.38 bits per heavy atom. The van der Waals surface area contributed by atoms with Gasteiger partial charge in [0, 0.05) is 39.1 Å². The molecule has 1 N–H and O–H groups in total. The number of hydrogen-bond acceptors (Lipinski definition) is 5.